The molecule has 1 aliphatic rings. The molecule has 31 heavy (non-hydrogen) atoms. The lowest BCUT2D eigenvalue weighted by Crippen LogP contribution is -2.24. The number of nitrogens with one attached hydrogen (secondary N) is 2. The Hall–Kier alpha value is -3.03. The number of anilines is 1. The summed E-state index contributed by atoms with van der Waals surface area (Å²) in [5.41, 5.74) is 3.60. The first kappa shape index (κ1) is 21.2. The molecule has 0 radical (unpaired) electrons. The van der Waals surface area contributed by atoms with Gasteiger partial charge in [-0.25, -0.2) is 4.98 Å². The zero-order valence-corrected chi connectivity index (χ0v) is 18.2. The summed E-state index contributed by atoms with van der Waals surface area (Å²) in [7, 11) is 0. The molecule has 3 aromatic rings. The van der Waals surface area contributed by atoms with E-state index in [-0.39, 0.29) is 18.2 Å². The first-order valence-electron chi connectivity index (χ1n) is 10.5. The topological polar surface area (TPSA) is 74.3 Å². The van der Waals surface area contributed by atoms with Crippen LogP contribution in [0.5, 0.6) is 0 Å². The van der Waals surface area contributed by atoms with Gasteiger partial charge >= 0.3 is 0 Å². The molecule has 7 heteroatoms. The van der Waals surface area contributed by atoms with Crippen LogP contribution in [-0.2, 0) is 24.3 Å². The molecular formula is C24H26N4O2S. The molecule has 1 fully saturated rings. The summed E-state index contributed by atoms with van der Waals surface area (Å²) in [5.74, 6) is -0.300. The number of amides is 2. The van der Waals surface area contributed by atoms with Gasteiger partial charge in [0.05, 0.1) is 12.1 Å². The Kier molecular flexibility index (Phi) is 7.07. The first-order chi connectivity index (χ1) is 15.2. The van der Waals surface area contributed by atoms with E-state index in [0.717, 1.165) is 12.1 Å². The Morgan fingerprint density at radius 1 is 0.968 bits per heavy atom. The average molecular weight is 435 g/mol. The van der Waals surface area contributed by atoms with Crippen LogP contribution in [0.25, 0.3) is 0 Å². The monoisotopic (exact) mass is 434 g/mol. The predicted molar refractivity (Wildman–Crippen MR) is 123 cm³/mol. The molecule has 2 aromatic carbocycles. The van der Waals surface area contributed by atoms with Gasteiger partial charge in [-0.3, -0.25) is 19.8 Å². The fraction of sp³-hybridized carbons (Fsp3) is 0.292. The summed E-state index contributed by atoms with van der Waals surface area (Å²) < 4.78 is 0. The van der Waals surface area contributed by atoms with E-state index in [4.69, 9.17) is 0 Å². The smallest absolute Gasteiger partial charge is 0.257 e. The second-order valence-corrected chi connectivity index (χ2v) is 8.58. The van der Waals surface area contributed by atoms with Crippen molar-refractivity contribution in [3.63, 3.8) is 0 Å². The van der Waals surface area contributed by atoms with Crippen molar-refractivity contribution in [2.45, 2.75) is 32.4 Å². The highest BCUT2D eigenvalue weighted by Crippen LogP contribution is 2.17. The van der Waals surface area contributed by atoms with Crippen LogP contribution in [0, 0.1) is 0 Å². The van der Waals surface area contributed by atoms with Crippen molar-refractivity contribution in [2.75, 3.05) is 18.4 Å². The van der Waals surface area contributed by atoms with Gasteiger partial charge in [-0.05, 0) is 49.2 Å². The second kappa shape index (κ2) is 10.3. The summed E-state index contributed by atoms with van der Waals surface area (Å²) >= 11 is 1.32. The second-order valence-electron chi connectivity index (χ2n) is 7.72. The van der Waals surface area contributed by atoms with Crippen molar-refractivity contribution < 1.29 is 9.59 Å². The van der Waals surface area contributed by atoms with E-state index >= 15 is 0 Å². The minimum absolute atomic E-state index is 0.0904. The molecule has 0 atom stereocenters. The lowest BCUT2D eigenvalue weighted by molar-refractivity contribution is -0.120. The predicted octanol–water partition coefficient (Wildman–Crippen LogP) is 3.85. The van der Waals surface area contributed by atoms with E-state index in [0.29, 0.717) is 22.9 Å². The quantitative estimate of drug-likeness (QED) is 0.565. The van der Waals surface area contributed by atoms with Crippen molar-refractivity contribution >= 4 is 28.3 Å². The van der Waals surface area contributed by atoms with Crippen LogP contribution in [0.1, 0.15) is 40.0 Å². The summed E-state index contributed by atoms with van der Waals surface area (Å²) in [4.78, 5) is 31.3. The number of likely N-dealkylation sites (tertiary alicyclic amines) is 1. The molecule has 2 N–H and O–H groups in total. The number of carbonyl (C=O) groups is 2. The van der Waals surface area contributed by atoms with Gasteiger partial charge in [0.25, 0.3) is 5.91 Å². The molecule has 2 amide bonds. The zero-order chi connectivity index (χ0) is 21.5. The highest BCUT2D eigenvalue weighted by molar-refractivity contribution is 7.14. The number of thiazole rings is 1. The van der Waals surface area contributed by atoms with Gasteiger partial charge < -0.3 is 5.32 Å². The number of hydrogen-bond acceptors (Lipinski definition) is 5. The van der Waals surface area contributed by atoms with Gasteiger partial charge in [-0.2, -0.15) is 0 Å². The molecule has 160 valence electrons. The van der Waals surface area contributed by atoms with Crippen LogP contribution in [0.2, 0.25) is 0 Å². The average Bonchev–Trinajstić information content (AvgIpc) is 3.46. The van der Waals surface area contributed by atoms with Crippen LogP contribution >= 0.6 is 11.3 Å². The third-order valence-electron chi connectivity index (χ3n) is 5.27. The lowest BCUT2D eigenvalue weighted by Gasteiger charge is -2.14. The highest BCUT2D eigenvalue weighted by Gasteiger charge is 2.12. The number of aromatic nitrogens is 1. The van der Waals surface area contributed by atoms with Crippen LogP contribution in [0.3, 0.4) is 0 Å². The normalized spacial score (nSPS) is 13.8. The van der Waals surface area contributed by atoms with Crippen molar-refractivity contribution in [1.82, 2.24) is 15.2 Å². The van der Waals surface area contributed by atoms with Crippen molar-refractivity contribution in [2.24, 2.45) is 0 Å². The van der Waals surface area contributed by atoms with Gasteiger partial charge in [-0.1, -0.05) is 42.5 Å². The molecular weight excluding hydrogens is 408 g/mol. The van der Waals surface area contributed by atoms with E-state index in [1.807, 2.05) is 18.2 Å². The number of hydrogen-bond donors (Lipinski definition) is 2. The summed E-state index contributed by atoms with van der Waals surface area (Å²) in [5, 5.41) is 8.01. The summed E-state index contributed by atoms with van der Waals surface area (Å²) in [6, 6.07) is 17.4. The Bertz CT molecular complexity index is 1010. The largest absolute Gasteiger partial charge is 0.352 e. The van der Waals surface area contributed by atoms with Crippen LogP contribution in [0.15, 0.2) is 60.0 Å². The SMILES string of the molecule is O=C(Cc1csc(NC(=O)c2ccccc2)n1)NCc1ccc(CN2CCCC2)cc1. The van der Waals surface area contributed by atoms with Crippen LogP contribution in [-0.4, -0.2) is 34.8 Å². The number of benzene rings is 2. The fourth-order valence-corrected chi connectivity index (χ4v) is 4.30. The molecule has 4 rings (SSSR count). The third kappa shape index (κ3) is 6.23. The molecule has 0 saturated carbocycles. The van der Waals surface area contributed by atoms with Crippen molar-refractivity contribution in [3.8, 4) is 0 Å². The van der Waals surface area contributed by atoms with E-state index in [1.54, 1.807) is 17.5 Å². The van der Waals surface area contributed by atoms with E-state index in [2.05, 4.69) is 44.8 Å². The van der Waals surface area contributed by atoms with Gasteiger partial charge in [0, 0.05) is 24.0 Å². The fourth-order valence-electron chi connectivity index (χ4n) is 3.59. The van der Waals surface area contributed by atoms with E-state index in [1.165, 1.54) is 42.8 Å². The minimum atomic E-state index is -0.209. The maximum absolute atomic E-state index is 12.3. The van der Waals surface area contributed by atoms with Gasteiger partial charge in [0.15, 0.2) is 5.13 Å². The maximum Gasteiger partial charge on any atom is 0.257 e. The minimum Gasteiger partial charge on any atom is -0.352 e. The molecule has 0 bridgehead atoms. The molecule has 0 spiro atoms. The van der Waals surface area contributed by atoms with Gasteiger partial charge in [-0.15, -0.1) is 11.3 Å². The van der Waals surface area contributed by atoms with Crippen LogP contribution in [0.4, 0.5) is 5.13 Å². The number of rotatable bonds is 8. The lowest BCUT2D eigenvalue weighted by atomic mass is 10.1. The Labute approximate surface area is 186 Å². The Morgan fingerprint density at radius 3 is 2.42 bits per heavy atom. The van der Waals surface area contributed by atoms with E-state index in [9.17, 15) is 9.59 Å². The molecule has 0 unspecified atom stereocenters. The van der Waals surface area contributed by atoms with Gasteiger partial charge in [0.2, 0.25) is 5.91 Å². The van der Waals surface area contributed by atoms with Crippen molar-refractivity contribution in [1.29, 1.82) is 0 Å². The summed E-state index contributed by atoms with van der Waals surface area (Å²) in [6.07, 6.45) is 2.78. The van der Waals surface area contributed by atoms with Gasteiger partial charge in [0.1, 0.15) is 0 Å². The third-order valence-corrected chi connectivity index (χ3v) is 6.07. The Balaban J connectivity index is 1.22. The Morgan fingerprint density at radius 2 is 1.68 bits per heavy atom. The first-order valence-corrected chi connectivity index (χ1v) is 11.4. The number of carbonyl (C=O) groups excluding carboxylic acids is 2. The molecule has 1 aliphatic heterocycles. The molecule has 6 nitrogen and oxygen atoms in total. The van der Waals surface area contributed by atoms with Crippen molar-refractivity contribution in [3.05, 3.63) is 82.4 Å². The van der Waals surface area contributed by atoms with Crippen LogP contribution < -0.4 is 10.6 Å². The zero-order valence-electron chi connectivity index (χ0n) is 17.3. The maximum atomic E-state index is 12.3. The summed E-state index contributed by atoms with van der Waals surface area (Å²) in [6.45, 7) is 3.86. The van der Waals surface area contributed by atoms with E-state index < -0.39 is 0 Å². The molecule has 1 saturated heterocycles. The standard InChI is InChI=1S/C24H26N4O2S/c29-22(25-15-18-8-10-19(11-9-18)16-28-12-4-5-13-28)14-21-17-31-24(26-21)27-23(30)20-6-2-1-3-7-20/h1-3,6-11,17H,4-5,12-16H2,(H,25,29)(H,26,27,30). The molecule has 0 aliphatic carbocycles. The highest BCUT2D eigenvalue weighted by atomic mass is 32.1. The molecule has 2 heterocycles. The number of nitrogens with zero attached hydrogens (tertiary/aromatic N) is 2. The molecule has 1 aromatic heterocycles.